The van der Waals surface area contributed by atoms with Gasteiger partial charge in [-0.1, -0.05) is 26.3 Å². The van der Waals surface area contributed by atoms with Gasteiger partial charge in [0.1, 0.15) is 0 Å². The molecule has 0 saturated carbocycles. The van der Waals surface area contributed by atoms with Gasteiger partial charge in [0.2, 0.25) is 0 Å². The number of unbranched alkanes of at least 4 members (excludes halogenated alkanes) is 1. The predicted octanol–water partition coefficient (Wildman–Crippen LogP) is 4.19. The molecule has 1 N–H and O–H groups in total. The van der Waals surface area contributed by atoms with Crippen LogP contribution in [0.25, 0.3) is 0 Å². The van der Waals surface area contributed by atoms with Gasteiger partial charge in [0.05, 0.1) is 6.61 Å². The molecule has 1 unspecified atom stereocenters. The Bertz CT molecular complexity index is 393. The van der Waals surface area contributed by atoms with Gasteiger partial charge in [-0.3, -0.25) is 4.90 Å². The number of benzene rings is 1. The first-order chi connectivity index (χ1) is 9.62. The molecule has 0 amide bonds. The number of aromatic hydroxyl groups is 1. The van der Waals surface area contributed by atoms with E-state index in [9.17, 15) is 5.11 Å². The largest absolute Gasteiger partial charge is 0.504 e. The zero-order chi connectivity index (χ0) is 15.0. The lowest BCUT2D eigenvalue weighted by molar-refractivity contribution is 0.192. The first-order valence-electron chi connectivity index (χ1n) is 7.81. The summed E-state index contributed by atoms with van der Waals surface area (Å²) in [5.41, 5.74) is 1.20. The van der Waals surface area contributed by atoms with Gasteiger partial charge in [0.25, 0.3) is 0 Å². The van der Waals surface area contributed by atoms with E-state index in [-0.39, 0.29) is 5.75 Å². The maximum Gasteiger partial charge on any atom is 0.161 e. The predicted molar refractivity (Wildman–Crippen MR) is 84.3 cm³/mol. The Balaban J connectivity index is 2.78. The second kappa shape index (κ2) is 8.85. The van der Waals surface area contributed by atoms with Crippen LogP contribution in [-0.4, -0.2) is 29.2 Å². The number of nitrogens with zero attached hydrogens (tertiary/aromatic N) is 1. The van der Waals surface area contributed by atoms with Crippen molar-refractivity contribution < 1.29 is 9.84 Å². The third kappa shape index (κ3) is 5.04. The Morgan fingerprint density at radius 1 is 1.25 bits per heavy atom. The van der Waals surface area contributed by atoms with Gasteiger partial charge in [0, 0.05) is 12.6 Å². The van der Waals surface area contributed by atoms with E-state index in [1.807, 2.05) is 19.1 Å². The van der Waals surface area contributed by atoms with Crippen molar-refractivity contribution in [1.82, 2.24) is 4.90 Å². The molecular formula is C17H29NO2. The quantitative estimate of drug-likeness (QED) is 0.735. The summed E-state index contributed by atoms with van der Waals surface area (Å²) in [5, 5.41) is 9.76. The Labute approximate surface area is 123 Å². The maximum atomic E-state index is 9.76. The number of phenolic OH excluding ortho intramolecular Hbond substituents is 1. The molecule has 0 radical (unpaired) electrons. The fourth-order valence-corrected chi connectivity index (χ4v) is 2.24. The summed E-state index contributed by atoms with van der Waals surface area (Å²) in [7, 11) is 0. The molecular weight excluding hydrogens is 250 g/mol. The maximum absolute atomic E-state index is 9.76. The average molecular weight is 279 g/mol. The summed E-state index contributed by atoms with van der Waals surface area (Å²) in [5.74, 6) is 0.809. The van der Waals surface area contributed by atoms with Gasteiger partial charge in [0.15, 0.2) is 11.5 Å². The second-order valence-electron chi connectivity index (χ2n) is 5.32. The topological polar surface area (TPSA) is 32.7 Å². The molecule has 1 aromatic rings. The van der Waals surface area contributed by atoms with E-state index < -0.39 is 0 Å². The standard InChI is InChI=1S/C17H29NO2/c1-5-8-11-18(14(4)6-2)13-15-9-10-16(19)17(12-15)20-7-3/h9-10,12,14,19H,5-8,11,13H2,1-4H3. The first kappa shape index (κ1) is 16.8. The highest BCUT2D eigenvalue weighted by atomic mass is 16.5. The van der Waals surface area contributed by atoms with E-state index in [2.05, 4.69) is 25.7 Å². The van der Waals surface area contributed by atoms with E-state index in [0.717, 1.165) is 19.5 Å². The van der Waals surface area contributed by atoms with Crippen molar-refractivity contribution in [3.63, 3.8) is 0 Å². The monoisotopic (exact) mass is 279 g/mol. The molecule has 0 bridgehead atoms. The number of hydrogen-bond donors (Lipinski definition) is 1. The van der Waals surface area contributed by atoms with E-state index >= 15 is 0 Å². The highest BCUT2D eigenvalue weighted by Gasteiger charge is 2.13. The molecule has 1 aromatic carbocycles. The molecule has 0 aromatic heterocycles. The van der Waals surface area contributed by atoms with Crippen LogP contribution in [0.2, 0.25) is 0 Å². The molecule has 20 heavy (non-hydrogen) atoms. The minimum Gasteiger partial charge on any atom is -0.504 e. The smallest absolute Gasteiger partial charge is 0.161 e. The molecule has 0 aliphatic carbocycles. The van der Waals surface area contributed by atoms with Crippen LogP contribution in [0.15, 0.2) is 18.2 Å². The zero-order valence-corrected chi connectivity index (χ0v) is 13.4. The molecule has 1 rings (SSSR count). The van der Waals surface area contributed by atoms with Crippen molar-refractivity contribution in [3.8, 4) is 11.5 Å². The van der Waals surface area contributed by atoms with Gasteiger partial charge in [-0.15, -0.1) is 0 Å². The fraction of sp³-hybridized carbons (Fsp3) is 0.647. The Morgan fingerprint density at radius 2 is 2.00 bits per heavy atom. The molecule has 3 nitrogen and oxygen atoms in total. The highest BCUT2D eigenvalue weighted by molar-refractivity contribution is 5.41. The van der Waals surface area contributed by atoms with Crippen LogP contribution in [0, 0.1) is 0 Å². The molecule has 0 heterocycles. The lowest BCUT2D eigenvalue weighted by Gasteiger charge is -2.28. The number of rotatable bonds is 9. The molecule has 0 saturated heterocycles. The Kier molecular flexibility index (Phi) is 7.45. The normalized spacial score (nSPS) is 12.7. The zero-order valence-electron chi connectivity index (χ0n) is 13.4. The van der Waals surface area contributed by atoms with Crippen molar-refractivity contribution in [2.75, 3.05) is 13.2 Å². The third-order valence-electron chi connectivity index (χ3n) is 3.72. The Hall–Kier alpha value is -1.22. The fourth-order valence-electron chi connectivity index (χ4n) is 2.24. The van der Waals surface area contributed by atoms with Crippen LogP contribution < -0.4 is 4.74 Å². The summed E-state index contributed by atoms with van der Waals surface area (Å²) in [6.07, 6.45) is 3.59. The summed E-state index contributed by atoms with van der Waals surface area (Å²) < 4.78 is 5.46. The van der Waals surface area contributed by atoms with Crippen LogP contribution in [0.1, 0.15) is 52.5 Å². The molecule has 0 aliphatic heterocycles. The minimum atomic E-state index is 0.222. The van der Waals surface area contributed by atoms with Gasteiger partial charge < -0.3 is 9.84 Å². The van der Waals surface area contributed by atoms with E-state index in [1.165, 1.54) is 18.4 Å². The van der Waals surface area contributed by atoms with Crippen LogP contribution in [-0.2, 0) is 6.54 Å². The van der Waals surface area contributed by atoms with Crippen molar-refractivity contribution in [2.24, 2.45) is 0 Å². The molecule has 3 heteroatoms. The van der Waals surface area contributed by atoms with Crippen molar-refractivity contribution in [3.05, 3.63) is 23.8 Å². The summed E-state index contributed by atoms with van der Waals surface area (Å²) in [4.78, 5) is 2.51. The molecule has 0 fully saturated rings. The molecule has 0 spiro atoms. The van der Waals surface area contributed by atoms with Crippen molar-refractivity contribution in [2.45, 2.75) is 59.5 Å². The van der Waals surface area contributed by atoms with Crippen molar-refractivity contribution in [1.29, 1.82) is 0 Å². The van der Waals surface area contributed by atoms with Crippen LogP contribution in [0.4, 0.5) is 0 Å². The summed E-state index contributed by atoms with van der Waals surface area (Å²) in [6, 6.07) is 6.25. The minimum absolute atomic E-state index is 0.222. The highest BCUT2D eigenvalue weighted by Crippen LogP contribution is 2.27. The van der Waals surface area contributed by atoms with Crippen LogP contribution in [0.3, 0.4) is 0 Å². The third-order valence-corrected chi connectivity index (χ3v) is 3.72. The number of ether oxygens (including phenoxy) is 1. The molecule has 114 valence electrons. The molecule has 0 aliphatic rings. The van der Waals surface area contributed by atoms with E-state index in [0.29, 0.717) is 18.4 Å². The van der Waals surface area contributed by atoms with Crippen molar-refractivity contribution >= 4 is 0 Å². The van der Waals surface area contributed by atoms with E-state index in [1.54, 1.807) is 6.07 Å². The summed E-state index contributed by atoms with van der Waals surface area (Å²) in [6.45, 7) is 11.3. The summed E-state index contributed by atoms with van der Waals surface area (Å²) >= 11 is 0. The van der Waals surface area contributed by atoms with Gasteiger partial charge in [-0.05, 0) is 50.9 Å². The SMILES string of the molecule is CCCCN(Cc1ccc(O)c(OCC)c1)C(C)CC. The number of hydrogen-bond acceptors (Lipinski definition) is 3. The first-order valence-corrected chi connectivity index (χ1v) is 7.81. The van der Waals surface area contributed by atoms with Crippen LogP contribution >= 0.6 is 0 Å². The Morgan fingerprint density at radius 3 is 2.60 bits per heavy atom. The van der Waals surface area contributed by atoms with Crippen LogP contribution in [0.5, 0.6) is 11.5 Å². The average Bonchev–Trinajstić information content (AvgIpc) is 2.46. The number of phenols is 1. The van der Waals surface area contributed by atoms with Gasteiger partial charge in [-0.25, -0.2) is 0 Å². The van der Waals surface area contributed by atoms with Gasteiger partial charge in [-0.2, -0.15) is 0 Å². The van der Waals surface area contributed by atoms with Gasteiger partial charge >= 0.3 is 0 Å². The molecule has 1 atom stereocenters. The second-order valence-corrected chi connectivity index (χ2v) is 5.32. The lowest BCUT2D eigenvalue weighted by atomic mass is 10.1. The lowest BCUT2D eigenvalue weighted by Crippen LogP contribution is -2.33. The van der Waals surface area contributed by atoms with E-state index in [4.69, 9.17) is 4.74 Å².